The van der Waals surface area contributed by atoms with Gasteiger partial charge in [-0.05, 0) is 76.2 Å². The summed E-state index contributed by atoms with van der Waals surface area (Å²) >= 11 is 0. The topological polar surface area (TPSA) is 138 Å². The van der Waals surface area contributed by atoms with Gasteiger partial charge in [0.25, 0.3) is 0 Å². The van der Waals surface area contributed by atoms with Crippen LogP contribution in [0.25, 0.3) is 0 Å². The van der Waals surface area contributed by atoms with Gasteiger partial charge in [0.05, 0.1) is 9.79 Å². The molecule has 7 heteroatoms. The Balaban J connectivity index is 0.00000392. The Hall–Kier alpha value is -2.65. The highest BCUT2D eigenvalue weighted by Crippen LogP contribution is 2.21. The van der Waals surface area contributed by atoms with Crippen LogP contribution in [0.2, 0.25) is 0 Å². The second kappa shape index (κ2) is 9.71. The Morgan fingerprint density at radius 1 is 0.655 bits per heavy atom. The van der Waals surface area contributed by atoms with Crippen molar-refractivity contribution in [2.24, 2.45) is 0 Å². The van der Waals surface area contributed by atoms with E-state index in [4.69, 9.17) is 0 Å². The highest BCUT2D eigenvalue weighted by molar-refractivity contribution is 7.91. The lowest BCUT2D eigenvalue weighted by atomic mass is 10.1. The van der Waals surface area contributed by atoms with Crippen molar-refractivity contribution >= 4 is 9.84 Å². The van der Waals surface area contributed by atoms with Gasteiger partial charge in [-0.2, -0.15) is 0 Å². The standard InChI is InChI=1S/C22H22O4S.2H2O/c1-21(2,23)15-13-17-5-9-19(10-6-17)27(25,26)20-11-7-18(8-12-20)14-16-22(3,4)24;;/h5-12,23-24H,1-4H3;2*1H2. The van der Waals surface area contributed by atoms with Crippen molar-refractivity contribution in [1.82, 2.24) is 0 Å². The van der Waals surface area contributed by atoms with Crippen molar-refractivity contribution in [3.63, 3.8) is 0 Å². The van der Waals surface area contributed by atoms with Crippen LogP contribution in [0, 0.1) is 23.7 Å². The quantitative estimate of drug-likeness (QED) is 0.706. The van der Waals surface area contributed by atoms with Crippen LogP contribution in [0.1, 0.15) is 38.8 Å². The maximum Gasteiger partial charge on any atom is 0.206 e. The lowest BCUT2D eigenvalue weighted by Gasteiger charge is -2.07. The Labute approximate surface area is 171 Å². The third-order valence-electron chi connectivity index (χ3n) is 3.35. The molecule has 0 saturated heterocycles. The fourth-order valence-electron chi connectivity index (χ4n) is 2.02. The summed E-state index contributed by atoms with van der Waals surface area (Å²) in [6.45, 7) is 6.31. The molecule has 6 nitrogen and oxygen atoms in total. The Morgan fingerprint density at radius 3 is 1.17 bits per heavy atom. The second-order valence-corrected chi connectivity index (χ2v) is 9.12. The molecule has 6 N–H and O–H groups in total. The van der Waals surface area contributed by atoms with Crippen LogP contribution in [-0.2, 0) is 9.84 Å². The summed E-state index contributed by atoms with van der Waals surface area (Å²) in [5.74, 6) is 11.0. The van der Waals surface area contributed by atoms with Crippen LogP contribution in [0.4, 0.5) is 0 Å². The molecule has 0 aliphatic carbocycles. The molecule has 29 heavy (non-hydrogen) atoms. The van der Waals surface area contributed by atoms with Crippen molar-refractivity contribution in [2.75, 3.05) is 0 Å². The first-order valence-electron chi connectivity index (χ1n) is 8.33. The molecule has 0 aliphatic rings. The maximum atomic E-state index is 12.7. The molecule has 0 aliphatic heterocycles. The molecule has 0 bridgehead atoms. The fraction of sp³-hybridized carbons (Fsp3) is 0.273. The molecule has 0 heterocycles. The summed E-state index contributed by atoms with van der Waals surface area (Å²) < 4.78 is 25.5. The molecule has 2 aromatic carbocycles. The summed E-state index contributed by atoms with van der Waals surface area (Å²) in [6, 6.07) is 12.4. The number of rotatable bonds is 2. The van der Waals surface area contributed by atoms with E-state index < -0.39 is 21.0 Å². The monoisotopic (exact) mass is 418 g/mol. The Kier molecular flexibility index (Phi) is 8.82. The van der Waals surface area contributed by atoms with Crippen molar-refractivity contribution in [3.05, 3.63) is 59.7 Å². The van der Waals surface area contributed by atoms with Gasteiger partial charge in [-0.25, -0.2) is 8.42 Å². The van der Waals surface area contributed by atoms with Crippen molar-refractivity contribution < 1.29 is 29.6 Å². The van der Waals surface area contributed by atoms with Gasteiger partial charge in [-0.15, -0.1) is 0 Å². The van der Waals surface area contributed by atoms with E-state index in [2.05, 4.69) is 23.7 Å². The second-order valence-electron chi connectivity index (χ2n) is 7.17. The van der Waals surface area contributed by atoms with Crippen molar-refractivity contribution in [1.29, 1.82) is 0 Å². The van der Waals surface area contributed by atoms with Gasteiger partial charge in [-0.1, -0.05) is 23.7 Å². The summed E-state index contributed by atoms with van der Waals surface area (Å²) in [4.78, 5) is 0.318. The average Bonchev–Trinajstić information content (AvgIpc) is 2.58. The van der Waals surface area contributed by atoms with E-state index in [1.54, 1.807) is 52.0 Å². The number of sulfone groups is 1. The minimum atomic E-state index is -3.65. The van der Waals surface area contributed by atoms with Gasteiger partial charge < -0.3 is 21.2 Å². The van der Waals surface area contributed by atoms with Crippen LogP contribution < -0.4 is 0 Å². The number of benzene rings is 2. The molecule has 0 aromatic heterocycles. The first-order valence-corrected chi connectivity index (χ1v) is 9.81. The maximum absolute atomic E-state index is 12.7. The minimum Gasteiger partial charge on any atom is -0.412 e. The van der Waals surface area contributed by atoms with Gasteiger partial charge in [0, 0.05) is 11.1 Å². The van der Waals surface area contributed by atoms with E-state index in [1.165, 1.54) is 24.3 Å². The minimum absolute atomic E-state index is 0. The third kappa shape index (κ3) is 8.08. The number of aliphatic hydroxyl groups is 2. The van der Waals surface area contributed by atoms with Gasteiger partial charge in [-0.3, -0.25) is 0 Å². The van der Waals surface area contributed by atoms with E-state index in [-0.39, 0.29) is 20.7 Å². The Bertz CT molecular complexity index is 950. The van der Waals surface area contributed by atoms with Crippen LogP contribution in [0.3, 0.4) is 0 Å². The molecule has 0 amide bonds. The van der Waals surface area contributed by atoms with Gasteiger partial charge in [0.15, 0.2) is 0 Å². The molecular formula is C22H26O6S. The molecule has 156 valence electrons. The van der Waals surface area contributed by atoms with Gasteiger partial charge in [0.2, 0.25) is 9.84 Å². The Morgan fingerprint density at radius 2 is 0.931 bits per heavy atom. The summed E-state index contributed by atoms with van der Waals surface area (Å²) in [5, 5.41) is 19.2. The van der Waals surface area contributed by atoms with Crippen LogP contribution in [0.15, 0.2) is 58.3 Å². The first-order chi connectivity index (χ1) is 12.4. The molecule has 0 unspecified atom stereocenters. The molecule has 0 radical (unpaired) electrons. The van der Waals surface area contributed by atoms with E-state index in [9.17, 15) is 18.6 Å². The van der Waals surface area contributed by atoms with Crippen LogP contribution >= 0.6 is 0 Å². The summed E-state index contributed by atoms with van der Waals surface area (Å²) in [6.07, 6.45) is 0. The lowest BCUT2D eigenvalue weighted by molar-refractivity contribution is 0.143. The van der Waals surface area contributed by atoms with Crippen LogP contribution in [0.5, 0.6) is 0 Å². The normalized spacial score (nSPS) is 11.0. The third-order valence-corrected chi connectivity index (χ3v) is 5.14. The molecule has 0 fully saturated rings. The van der Waals surface area contributed by atoms with Crippen LogP contribution in [-0.4, -0.2) is 40.8 Å². The predicted octanol–water partition coefficient (Wildman–Crippen LogP) is 1.11. The number of hydrogen-bond acceptors (Lipinski definition) is 4. The fourth-order valence-corrected chi connectivity index (χ4v) is 3.28. The lowest BCUT2D eigenvalue weighted by Crippen LogP contribution is -2.14. The molecular weight excluding hydrogens is 392 g/mol. The van der Waals surface area contributed by atoms with Crippen molar-refractivity contribution in [2.45, 2.75) is 48.7 Å². The summed E-state index contributed by atoms with van der Waals surface area (Å²) in [5.41, 5.74) is -0.983. The zero-order chi connectivity index (χ0) is 20.3. The highest BCUT2D eigenvalue weighted by Gasteiger charge is 2.17. The van der Waals surface area contributed by atoms with Gasteiger partial charge in [0.1, 0.15) is 11.2 Å². The average molecular weight is 419 g/mol. The van der Waals surface area contributed by atoms with E-state index in [0.29, 0.717) is 11.1 Å². The molecule has 2 rings (SSSR count). The van der Waals surface area contributed by atoms with E-state index in [1.807, 2.05) is 0 Å². The SMILES string of the molecule is CC(C)(O)C#Cc1ccc(S(=O)(=O)c2ccc(C#CC(C)(C)O)cc2)cc1.O.O. The van der Waals surface area contributed by atoms with Crippen molar-refractivity contribution in [3.8, 4) is 23.7 Å². The predicted molar refractivity (Wildman–Crippen MR) is 112 cm³/mol. The zero-order valence-corrected chi connectivity index (χ0v) is 17.6. The zero-order valence-electron chi connectivity index (χ0n) is 16.7. The largest absolute Gasteiger partial charge is 0.412 e. The molecule has 0 spiro atoms. The smallest absolute Gasteiger partial charge is 0.206 e. The molecule has 0 saturated carbocycles. The van der Waals surface area contributed by atoms with Gasteiger partial charge >= 0.3 is 0 Å². The van der Waals surface area contributed by atoms with E-state index in [0.717, 1.165) is 0 Å². The highest BCUT2D eigenvalue weighted by atomic mass is 32.2. The van der Waals surface area contributed by atoms with E-state index >= 15 is 0 Å². The summed E-state index contributed by atoms with van der Waals surface area (Å²) in [7, 11) is -3.65. The molecule has 0 atom stereocenters. The first kappa shape index (κ1) is 26.4. The molecule has 2 aromatic rings. The number of hydrogen-bond donors (Lipinski definition) is 2.